The Morgan fingerprint density at radius 2 is 2.10 bits per heavy atom. The molecule has 1 rings (SSSR count). The van der Waals surface area contributed by atoms with E-state index in [1.54, 1.807) is 19.4 Å². The Balaban J connectivity index is 3.02. The molecule has 1 aromatic rings. The fraction of sp³-hybridized carbons (Fsp3) is 0.600. The Bertz CT molecular complexity index is 445. The van der Waals surface area contributed by atoms with Crippen molar-refractivity contribution in [3.05, 3.63) is 23.5 Å². The third-order valence-corrected chi connectivity index (χ3v) is 3.48. The van der Waals surface area contributed by atoms with Crippen molar-refractivity contribution in [2.75, 3.05) is 26.0 Å². The molecule has 0 spiro atoms. The van der Waals surface area contributed by atoms with Gasteiger partial charge in [-0.1, -0.05) is 13.8 Å². The van der Waals surface area contributed by atoms with Gasteiger partial charge in [-0.3, -0.25) is 9.78 Å². The van der Waals surface area contributed by atoms with E-state index in [0.717, 1.165) is 18.5 Å². The quantitative estimate of drug-likeness (QED) is 0.831. The van der Waals surface area contributed by atoms with Crippen LogP contribution in [0.25, 0.3) is 0 Å². The van der Waals surface area contributed by atoms with E-state index in [-0.39, 0.29) is 11.9 Å². The van der Waals surface area contributed by atoms with Crippen molar-refractivity contribution in [2.45, 2.75) is 39.7 Å². The highest BCUT2D eigenvalue weighted by atomic mass is 16.5. The number of nitrogen functional groups attached to an aromatic ring is 1. The Kier molecular flexibility index (Phi) is 6.45. The van der Waals surface area contributed by atoms with E-state index < -0.39 is 0 Å². The van der Waals surface area contributed by atoms with Crippen molar-refractivity contribution in [3.63, 3.8) is 0 Å². The molecular weight excluding hydrogens is 254 g/mol. The van der Waals surface area contributed by atoms with Crippen LogP contribution in [0.3, 0.4) is 0 Å². The summed E-state index contributed by atoms with van der Waals surface area (Å²) in [6, 6.07) is 1.92. The zero-order chi connectivity index (χ0) is 15.1. The Morgan fingerprint density at radius 1 is 1.45 bits per heavy atom. The van der Waals surface area contributed by atoms with Crippen LogP contribution in [0.5, 0.6) is 0 Å². The summed E-state index contributed by atoms with van der Waals surface area (Å²) in [4.78, 5) is 18.7. The molecule has 0 radical (unpaired) electrons. The molecule has 0 atom stereocenters. The van der Waals surface area contributed by atoms with Crippen LogP contribution >= 0.6 is 0 Å². The second kappa shape index (κ2) is 7.85. The van der Waals surface area contributed by atoms with Crippen molar-refractivity contribution >= 4 is 11.6 Å². The van der Waals surface area contributed by atoms with E-state index in [1.165, 1.54) is 0 Å². The molecule has 0 fully saturated rings. The average Bonchev–Trinajstić information content (AvgIpc) is 2.43. The Hall–Kier alpha value is -1.62. The number of amides is 1. The average molecular weight is 279 g/mol. The molecule has 0 aliphatic rings. The monoisotopic (exact) mass is 279 g/mol. The second-order valence-corrected chi connectivity index (χ2v) is 4.87. The van der Waals surface area contributed by atoms with E-state index in [4.69, 9.17) is 10.5 Å². The van der Waals surface area contributed by atoms with Gasteiger partial charge in [-0.25, -0.2) is 0 Å². The lowest BCUT2D eigenvalue weighted by Crippen LogP contribution is -2.42. The van der Waals surface area contributed by atoms with Crippen LogP contribution in [0.2, 0.25) is 0 Å². The number of rotatable bonds is 7. The van der Waals surface area contributed by atoms with Crippen LogP contribution in [0, 0.1) is 6.92 Å². The first-order valence-electron chi connectivity index (χ1n) is 7.07. The molecule has 0 bridgehead atoms. The van der Waals surface area contributed by atoms with Gasteiger partial charge in [-0.2, -0.15) is 0 Å². The lowest BCUT2D eigenvalue weighted by molar-refractivity contribution is 0.0590. The molecular formula is C15H25N3O2. The lowest BCUT2D eigenvalue weighted by atomic mass is 10.1. The number of pyridine rings is 1. The number of carbonyl (C=O) groups excluding carboxylic acids is 1. The van der Waals surface area contributed by atoms with Crippen LogP contribution in [0.1, 0.15) is 42.7 Å². The first-order chi connectivity index (χ1) is 9.54. The zero-order valence-electron chi connectivity index (χ0n) is 12.8. The minimum Gasteiger partial charge on any atom is -0.398 e. The van der Waals surface area contributed by atoms with Gasteiger partial charge in [0.05, 0.1) is 12.2 Å². The predicted molar refractivity (Wildman–Crippen MR) is 80.7 cm³/mol. The number of ether oxygens (including phenoxy) is 1. The van der Waals surface area contributed by atoms with Gasteiger partial charge in [0.1, 0.15) is 0 Å². The highest BCUT2D eigenvalue weighted by Crippen LogP contribution is 2.18. The van der Waals surface area contributed by atoms with Crippen molar-refractivity contribution in [2.24, 2.45) is 0 Å². The van der Waals surface area contributed by atoms with Gasteiger partial charge >= 0.3 is 0 Å². The van der Waals surface area contributed by atoms with Crippen LogP contribution < -0.4 is 5.73 Å². The van der Waals surface area contributed by atoms with Crippen LogP contribution in [0.15, 0.2) is 12.3 Å². The molecule has 0 unspecified atom stereocenters. The summed E-state index contributed by atoms with van der Waals surface area (Å²) in [6.07, 6.45) is 3.38. The highest BCUT2D eigenvalue weighted by molar-refractivity contribution is 5.99. The standard InChI is InChI=1S/C15H25N3O2/c1-5-12(6-2)18(7-8-20-4)15(19)13-10-17-11(3)9-14(13)16/h9-10,12H,5-8H2,1-4H3,(H2,16,17). The fourth-order valence-corrected chi connectivity index (χ4v) is 2.28. The summed E-state index contributed by atoms with van der Waals surface area (Å²) >= 11 is 0. The van der Waals surface area contributed by atoms with Gasteiger partial charge in [0.15, 0.2) is 0 Å². The second-order valence-electron chi connectivity index (χ2n) is 4.87. The number of hydrogen-bond acceptors (Lipinski definition) is 4. The summed E-state index contributed by atoms with van der Waals surface area (Å²) in [5.74, 6) is -0.0687. The van der Waals surface area contributed by atoms with E-state index in [0.29, 0.717) is 24.4 Å². The summed E-state index contributed by atoms with van der Waals surface area (Å²) in [5, 5.41) is 0. The Morgan fingerprint density at radius 3 is 2.60 bits per heavy atom. The third-order valence-electron chi connectivity index (χ3n) is 3.48. The summed E-state index contributed by atoms with van der Waals surface area (Å²) in [5.41, 5.74) is 7.72. The van der Waals surface area contributed by atoms with Crippen molar-refractivity contribution in [3.8, 4) is 0 Å². The van der Waals surface area contributed by atoms with E-state index in [9.17, 15) is 4.79 Å². The van der Waals surface area contributed by atoms with Gasteiger partial charge in [0.25, 0.3) is 5.91 Å². The van der Waals surface area contributed by atoms with Crippen LogP contribution in [0.4, 0.5) is 5.69 Å². The summed E-state index contributed by atoms with van der Waals surface area (Å²) in [7, 11) is 1.64. The number of hydrogen-bond donors (Lipinski definition) is 1. The third kappa shape index (κ3) is 3.93. The maximum Gasteiger partial charge on any atom is 0.257 e. The van der Waals surface area contributed by atoms with Crippen LogP contribution in [-0.2, 0) is 4.74 Å². The number of anilines is 1. The molecule has 5 heteroatoms. The van der Waals surface area contributed by atoms with Gasteiger partial charge < -0.3 is 15.4 Å². The number of nitrogens with two attached hydrogens (primary N) is 1. The molecule has 0 aliphatic carbocycles. The lowest BCUT2D eigenvalue weighted by Gasteiger charge is -2.30. The molecule has 112 valence electrons. The smallest absolute Gasteiger partial charge is 0.257 e. The van der Waals surface area contributed by atoms with Gasteiger partial charge in [-0.05, 0) is 25.8 Å². The number of aryl methyl sites for hydroxylation is 1. The maximum absolute atomic E-state index is 12.7. The topological polar surface area (TPSA) is 68.5 Å². The van der Waals surface area contributed by atoms with Crippen LogP contribution in [-0.4, -0.2) is 42.1 Å². The molecule has 20 heavy (non-hydrogen) atoms. The molecule has 2 N–H and O–H groups in total. The van der Waals surface area contributed by atoms with E-state index in [1.807, 2.05) is 11.8 Å². The molecule has 1 amide bonds. The predicted octanol–water partition coefficient (Wildman–Crippen LogP) is 2.25. The molecule has 1 heterocycles. The first-order valence-corrected chi connectivity index (χ1v) is 7.07. The maximum atomic E-state index is 12.7. The van der Waals surface area contributed by atoms with Crippen molar-refractivity contribution < 1.29 is 9.53 Å². The molecule has 5 nitrogen and oxygen atoms in total. The number of carbonyl (C=O) groups is 1. The number of aromatic nitrogens is 1. The fourth-order valence-electron chi connectivity index (χ4n) is 2.28. The normalized spacial score (nSPS) is 10.8. The minimum absolute atomic E-state index is 0.0687. The van der Waals surface area contributed by atoms with Crippen molar-refractivity contribution in [1.29, 1.82) is 0 Å². The summed E-state index contributed by atoms with van der Waals surface area (Å²) < 4.78 is 5.11. The van der Waals surface area contributed by atoms with Gasteiger partial charge in [0.2, 0.25) is 0 Å². The molecule has 0 saturated carbocycles. The van der Waals surface area contributed by atoms with Crippen molar-refractivity contribution in [1.82, 2.24) is 9.88 Å². The largest absolute Gasteiger partial charge is 0.398 e. The Labute approximate surface area is 121 Å². The zero-order valence-corrected chi connectivity index (χ0v) is 12.8. The minimum atomic E-state index is -0.0687. The van der Waals surface area contributed by atoms with E-state index in [2.05, 4.69) is 18.8 Å². The highest BCUT2D eigenvalue weighted by Gasteiger charge is 2.23. The van der Waals surface area contributed by atoms with E-state index >= 15 is 0 Å². The van der Waals surface area contributed by atoms with Gasteiger partial charge in [0, 0.05) is 37.3 Å². The number of methoxy groups -OCH3 is 1. The summed E-state index contributed by atoms with van der Waals surface area (Å²) in [6.45, 7) is 7.10. The molecule has 1 aromatic heterocycles. The first kappa shape index (κ1) is 16.4. The molecule has 0 saturated heterocycles. The molecule has 0 aromatic carbocycles. The van der Waals surface area contributed by atoms with Gasteiger partial charge in [-0.15, -0.1) is 0 Å². The molecule has 0 aliphatic heterocycles. The SMILES string of the molecule is CCC(CC)N(CCOC)C(=O)c1cnc(C)cc1N. The number of nitrogens with zero attached hydrogens (tertiary/aromatic N) is 2.